The van der Waals surface area contributed by atoms with E-state index in [0.29, 0.717) is 0 Å². The van der Waals surface area contributed by atoms with Crippen molar-refractivity contribution in [3.63, 3.8) is 0 Å². The normalized spacial score (nSPS) is 11.9. The maximum Gasteiger partial charge on any atom is 0.143 e. The number of aryl methyl sites for hydroxylation is 1. The lowest BCUT2D eigenvalue weighted by atomic mass is 9.96. The van der Waals surface area contributed by atoms with E-state index in [0.717, 1.165) is 77.3 Å². The Bertz CT molecular complexity index is 2880. The fraction of sp³-hybridized carbons (Fsp3) is 0.0222. The van der Waals surface area contributed by atoms with Gasteiger partial charge in [-0.1, -0.05) is 127 Å². The lowest BCUT2D eigenvalue weighted by Crippen LogP contribution is -1.92. The highest BCUT2D eigenvalue weighted by Gasteiger charge is 2.17. The molecule has 224 valence electrons. The maximum atomic E-state index is 6.68. The van der Waals surface area contributed by atoms with Gasteiger partial charge in [-0.25, -0.2) is 4.98 Å². The highest BCUT2D eigenvalue weighted by Crippen LogP contribution is 2.40. The van der Waals surface area contributed by atoms with Crippen molar-refractivity contribution >= 4 is 65.3 Å². The van der Waals surface area contributed by atoms with Crippen LogP contribution in [0, 0.1) is 6.92 Å². The molecule has 0 atom stereocenters. The molecule has 0 aliphatic rings. The number of hydrogen-bond donors (Lipinski definition) is 0. The summed E-state index contributed by atoms with van der Waals surface area (Å²) in [4.78, 5) is 10.2. The van der Waals surface area contributed by atoms with Crippen LogP contribution in [0.25, 0.3) is 98.8 Å². The number of benzene rings is 8. The van der Waals surface area contributed by atoms with Crippen LogP contribution in [0.15, 0.2) is 156 Å². The summed E-state index contributed by atoms with van der Waals surface area (Å²) in [6, 6.07) is 51.5. The fourth-order valence-electron chi connectivity index (χ4n) is 7.52. The van der Waals surface area contributed by atoms with Crippen LogP contribution in [-0.4, -0.2) is 9.97 Å². The SMILES string of the molecule is Cc1c2ccccc2cc2c1oc1c(-c3cccc(-c4cccc(-c5cnc6c7ccccc7c7ccccc7c6n5)c4)c3)cccc12. The van der Waals surface area contributed by atoms with Crippen molar-refractivity contribution in [2.75, 3.05) is 0 Å². The maximum absolute atomic E-state index is 6.68. The molecular formula is C45H28N2O. The van der Waals surface area contributed by atoms with Crippen molar-refractivity contribution in [1.82, 2.24) is 9.97 Å². The quantitative estimate of drug-likeness (QED) is 0.186. The Hall–Kier alpha value is -6.32. The van der Waals surface area contributed by atoms with Crippen molar-refractivity contribution in [2.24, 2.45) is 0 Å². The number of para-hydroxylation sites is 1. The number of furan rings is 1. The molecule has 0 unspecified atom stereocenters. The highest BCUT2D eigenvalue weighted by atomic mass is 16.3. The third-order valence-corrected chi connectivity index (χ3v) is 9.85. The topological polar surface area (TPSA) is 38.9 Å². The molecule has 0 aliphatic carbocycles. The van der Waals surface area contributed by atoms with Gasteiger partial charge in [-0.15, -0.1) is 0 Å². The standard InChI is InChI=1S/C45H28N2O/c1-27-33-16-3-2-11-31(33)25-40-39-22-10-21-34(45(39)48-44(27)40)30-14-8-12-28(23-30)29-13-9-15-32(24-29)41-26-46-42-37-19-6-4-17-35(37)36-18-5-7-20-38(36)43(42)47-41/h2-26H,1H3. The van der Waals surface area contributed by atoms with Crippen LogP contribution in [0.2, 0.25) is 0 Å². The molecule has 0 fully saturated rings. The Morgan fingerprint density at radius 2 is 1.02 bits per heavy atom. The Labute approximate surface area is 276 Å². The summed E-state index contributed by atoms with van der Waals surface area (Å²) >= 11 is 0. The lowest BCUT2D eigenvalue weighted by molar-refractivity contribution is 0.667. The number of aromatic nitrogens is 2. The molecule has 3 heteroatoms. The predicted molar refractivity (Wildman–Crippen MR) is 200 cm³/mol. The molecule has 10 rings (SSSR count). The van der Waals surface area contributed by atoms with Gasteiger partial charge in [-0.05, 0) is 63.4 Å². The van der Waals surface area contributed by atoms with Crippen LogP contribution in [-0.2, 0) is 0 Å². The van der Waals surface area contributed by atoms with E-state index >= 15 is 0 Å². The van der Waals surface area contributed by atoms with Crippen LogP contribution in [0.3, 0.4) is 0 Å². The minimum Gasteiger partial charge on any atom is -0.455 e. The second kappa shape index (κ2) is 10.3. The Morgan fingerprint density at radius 3 is 1.79 bits per heavy atom. The Balaban J connectivity index is 1.09. The minimum absolute atomic E-state index is 0.857. The first-order valence-corrected chi connectivity index (χ1v) is 16.3. The van der Waals surface area contributed by atoms with E-state index in [1.54, 1.807) is 0 Å². The minimum atomic E-state index is 0.857. The molecule has 0 saturated heterocycles. The molecule has 2 aromatic heterocycles. The summed E-state index contributed by atoms with van der Waals surface area (Å²) in [5.41, 5.74) is 11.3. The average Bonchev–Trinajstić information content (AvgIpc) is 3.54. The average molecular weight is 613 g/mol. The Morgan fingerprint density at radius 1 is 0.438 bits per heavy atom. The first-order chi connectivity index (χ1) is 23.7. The smallest absolute Gasteiger partial charge is 0.143 e. The van der Waals surface area contributed by atoms with Crippen LogP contribution < -0.4 is 0 Å². The fourth-order valence-corrected chi connectivity index (χ4v) is 7.52. The van der Waals surface area contributed by atoms with Gasteiger partial charge in [0.25, 0.3) is 0 Å². The van der Waals surface area contributed by atoms with Crippen molar-refractivity contribution in [3.05, 3.63) is 157 Å². The predicted octanol–water partition coefficient (Wildman–Crippen LogP) is 12.3. The molecule has 48 heavy (non-hydrogen) atoms. The molecule has 3 nitrogen and oxygen atoms in total. The first kappa shape index (κ1) is 26.9. The number of fused-ring (bicyclic) bond motifs is 10. The molecule has 0 N–H and O–H groups in total. The second-order valence-corrected chi connectivity index (χ2v) is 12.6. The largest absolute Gasteiger partial charge is 0.455 e. The zero-order chi connectivity index (χ0) is 31.8. The molecule has 10 aromatic rings. The Kier molecular flexibility index (Phi) is 5.79. The van der Waals surface area contributed by atoms with Crippen LogP contribution in [0.5, 0.6) is 0 Å². The van der Waals surface area contributed by atoms with Crippen molar-refractivity contribution < 1.29 is 4.42 Å². The molecule has 0 bridgehead atoms. The van der Waals surface area contributed by atoms with E-state index < -0.39 is 0 Å². The molecule has 0 saturated carbocycles. The van der Waals surface area contributed by atoms with Gasteiger partial charge < -0.3 is 4.42 Å². The summed E-state index contributed by atoms with van der Waals surface area (Å²) in [5, 5.41) is 9.39. The second-order valence-electron chi connectivity index (χ2n) is 12.6. The third kappa shape index (κ3) is 4.01. The van der Waals surface area contributed by atoms with Gasteiger partial charge in [0.2, 0.25) is 0 Å². The molecular weight excluding hydrogens is 585 g/mol. The van der Waals surface area contributed by atoms with E-state index in [4.69, 9.17) is 14.4 Å². The number of nitrogens with zero attached hydrogens (tertiary/aromatic N) is 2. The van der Waals surface area contributed by atoms with E-state index in [2.05, 4.69) is 153 Å². The molecule has 0 spiro atoms. The highest BCUT2D eigenvalue weighted by molar-refractivity contribution is 6.23. The molecule has 0 aliphatic heterocycles. The van der Waals surface area contributed by atoms with Gasteiger partial charge in [0, 0.05) is 38.2 Å². The molecule has 0 amide bonds. The van der Waals surface area contributed by atoms with Crippen LogP contribution in [0.1, 0.15) is 5.56 Å². The van der Waals surface area contributed by atoms with Gasteiger partial charge in [0.1, 0.15) is 11.2 Å². The molecule has 2 heterocycles. The van der Waals surface area contributed by atoms with Gasteiger partial charge in [-0.3, -0.25) is 4.98 Å². The number of hydrogen-bond acceptors (Lipinski definition) is 3. The summed E-state index contributed by atoms with van der Waals surface area (Å²) in [6.07, 6.45) is 1.91. The summed E-state index contributed by atoms with van der Waals surface area (Å²) in [7, 11) is 0. The van der Waals surface area contributed by atoms with Gasteiger partial charge in [0.05, 0.1) is 22.9 Å². The third-order valence-electron chi connectivity index (χ3n) is 9.85. The van der Waals surface area contributed by atoms with E-state index in [-0.39, 0.29) is 0 Å². The van der Waals surface area contributed by atoms with E-state index in [1.165, 1.54) is 27.1 Å². The number of rotatable bonds is 3. The van der Waals surface area contributed by atoms with E-state index in [1.807, 2.05) is 6.20 Å². The van der Waals surface area contributed by atoms with Crippen LogP contribution in [0.4, 0.5) is 0 Å². The van der Waals surface area contributed by atoms with Gasteiger partial charge in [0.15, 0.2) is 0 Å². The first-order valence-electron chi connectivity index (χ1n) is 16.3. The van der Waals surface area contributed by atoms with Gasteiger partial charge >= 0.3 is 0 Å². The monoisotopic (exact) mass is 612 g/mol. The van der Waals surface area contributed by atoms with Crippen LogP contribution >= 0.6 is 0 Å². The lowest BCUT2D eigenvalue weighted by Gasteiger charge is -2.11. The zero-order valence-corrected chi connectivity index (χ0v) is 26.2. The summed E-state index contributed by atoms with van der Waals surface area (Å²) in [6.45, 7) is 2.16. The molecule has 0 radical (unpaired) electrons. The van der Waals surface area contributed by atoms with Crippen molar-refractivity contribution in [2.45, 2.75) is 6.92 Å². The van der Waals surface area contributed by atoms with Crippen molar-refractivity contribution in [3.8, 4) is 33.5 Å². The summed E-state index contributed by atoms with van der Waals surface area (Å²) < 4.78 is 6.68. The van der Waals surface area contributed by atoms with E-state index in [9.17, 15) is 0 Å². The molecule has 8 aromatic carbocycles. The zero-order valence-electron chi connectivity index (χ0n) is 26.2. The summed E-state index contributed by atoms with van der Waals surface area (Å²) in [5.74, 6) is 0. The van der Waals surface area contributed by atoms with Crippen molar-refractivity contribution in [1.29, 1.82) is 0 Å². The van der Waals surface area contributed by atoms with Gasteiger partial charge in [-0.2, -0.15) is 0 Å².